The van der Waals surface area contributed by atoms with Crippen LogP contribution in [0.5, 0.6) is 0 Å². The molecule has 0 spiro atoms. The highest BCUT2D eigenvalue weighted by Crippen LogP contribution is 2.20. The Bertz CT molecular complexity index is 909. The summed E-state index contributed by atoms with van der Waals surface area (Å²) in [4.78, 5) is 23.1. The number of piperidine rings is 1. The molecule has 8 nitrogen and oxygen atoms in total. The minimum absolute atomic E-state index is 0.0748. The SMILES string of the molecule is Cc1nc(CN2CCC(Cn3nc(-n4cncn4)ccc3=O)CC2)cs1. The van der Waals surface area contributed by atoms with Crippen molar-refractivity contribution < 1.29 is 0 Å². The number of hydrogen-bond acceptors (Lipinski definition) is 7. The molecule has 0 aromatic carbocycles. The largest absolute Gasteiger partial charge is 0.297 e. The first-order valence-electron chi connectivity index (χ1n) is 8.74. The van der Waals surface area contributed by atoms with Crippen LogP contribution in [0.25, 0.3) is 5.82 Å². The van der Waals surface area contributed by atoms with Gasteiger partial charge in [-0.05, 0) is 44.8 Å². The van der Waals surface area contributed by atoms with Crippen LogP contribution in [0.4, 0.5) is 0 Å². The van der Waals surface area contributed by atoms with Crippen LogP contribution in [-0.2, 0) is 13.1 Å². The van der Waals surface area contributed by atoms with E-state index in [4.69, 9.17) is 0 Å². The summed E-state index contributed by atoms with van der Waals surface area (Å²) in [6.07, 6.45) is 5.15. The zero-order valence-corrected chi connectivity index (χ0v) is 15.5. The van der Waals surface area contributed by atoms with Gasteiger partial charge in [0, 0.05) is 24.5 Å². The van der Waals surface area contributed by atoms with Crippen molar-refractivity contribution in [1.29, 1.82) is 0 Å². The molecule has 0 amide bonds. The van der Waals surface area contributed by atoms with Crippen molar-refractivity contribution in [3.63, 3.8) is 0 Å². The molecule has 0 radical (unpaired) electrons. The number of aromatic nitrogens is 6. The van der Waals surface area contributed by atoms with Crippen molar-refractivity contribution in [2.45, 2.75) is 32.9 Å². The third-order valence-electron chi connectivity index (χ3n) is 4.70. The van der Waals surface area contributed by atoms with Crippen LogP contribution in [0, 0.1) is 12.8 Å². The van der Waals surface area contributed by atoms with E-state index in [0.29, 0.717) is 18.3 Å². The van der Waals surface area contributed by atoms with E-state index < -0.39 is 0 Å². The molecule has 3 aromatic heterocycles. The molecule has 0 saturated carbocycles. The van der Waals surface area contributed by atoms with Crippen LogP contribution in [0.2, 0.25) is 0 Å². The summed E-state index contributed by atoms with van der Waals surface area (Å²) < 4.78 is 3.12. The number of nitrogens with zero attached hydrogens (tertiary/aromatic N) is 7. The van der Waals surface area contributed by atoms with Gasteiger partial charge in [0.15, 0.2) is 5.82 Å². The Labute approximate surface area is 155 Å². The fraction of sp³-hybridized carbons (Fsp3) is 0.471. The van der Waals surface area contributed by atoms with E-state index >= 15 is 0 Å². The Morgan fingerprint density at radius 1 is 1.27 bits per heavy atom. The van der Waals surface area contributed by atoms with Gasteiger partial charge in [-0.3, -0.25) is 9.69 Å². The zero-order chi connectivity index (χ0) is 17.9. The summed E-state index contributed by atoms with van der Waals surface area (Å²) >= 11 is 1.70. The van der Waals surface area contributed by atoms with Crippen molar-refractivity contribution in [1.82, 2.24) is 34.4 Å². The summed E-state index contributed by atoms with van der Waals surface area (Å²) in [5, 5.41) is 11.8. The lowest BCUT2D eigenvalue weighted by Gasteiger charge is -2.31. The van der Waals surface area contributed by atoms with Crippen molar-refractivity contribution in [2.24, 2.45) is 5.92 Å². The molecule has 4 rings (SSSR count). The van der Waals surface area contributed by atoms with Crippen LogP contribution in [-0.4, -0.2) is 47.5 Å². The summed E-state index contributed by atoms with van der Waals surface area (Å²) in [6, 6.07) is 3.22. The Morgan fingerprint density at radius 3 is 2.81 bits per heavy atom. The summed E-state index contributed by atoms with van der Waals surface area (Å²) in [6.45, 7) is 5.65. The van der Waals surface area contributed by atoms with E-state index in [1.54, 1.807) is 39.2 Å². The van der Waals surface area contributed by atoms with E-state index in [-0.39, 0.29) is 5.56 Å². The topological polar surface area (TPSA) is 81.7 Å². The van der Waals surface area contributed by atoms with Gasteiger partial charge in [0.05, 0.1) is 10.7 Å². The zero-order valence-electron chi connectivity index (χ0n) is 14.7. The molecule has 3 aromatic rings. The number of aryl methyl sites for hydroxylation is 1. The smallest absolute Gasteiger partial charge is 0.266 e. The number of hydrogen-bond donors (Lipinski definition) is 0. The second-order valence-electron chi connectivity index (χ2n) is 6.63. The average Bonchev–Trinajstić information content (AvgIpc) is 3.31. The fourth-order valence-electron chi connectivity index (χ4n) is 3.30. The number of rotatable bonds is 5. The first-order chi connectivity index (χ1) is 12.7. The van der Waals surface area contributed by atoms with Crippen LogP contribution < -0.4 is 5.56 Å². The van der Waals surface area contributed by atoms with E-state index in [1.807, 2.05) is 6.92 Å². The average molecular weight is 371 g/mol. The third kappa shape index (κ3) is 3.88. The molecule has 136 valence electrons. The van der Waals surface area contributed by atoms with Gasteiger partial charge < -0.3 is 0 Å². The Morgan fingerprint density at radius 2 is 2.12 bits per heavy atom. The maximum Gasteiger partial charge on any atom is 0.266 e. The van der Waals surface area contributed by atoms with Gasteiger partial charge in [0.2, 0.25) is 0 Å². The van der Waals surface area contributed by atoms with Crippen molar-refractivity contribution in [3.05, 3.63) is 51.2 Å². The molecule has 0 aliphatic carbocycles. The van der Waals surface area contributed by atoms with Crippen LogP contribution in [0.15, 0.2) is 35.0 Å². The van der Waals surface area contributed by atoms with Gasteiger partial charge in [-0.25, -0.2) is 19.3 Å². The first kappa shape index (κ1) is 17.0. The Hall–Kier alpha value is -2.39. The highest BCUT2D eigenvalue weighted by atomic mass is 32.1. The molecule has 0 bridgehead atoms. The molecule has 4 heterocycles. The molecule has 26 heavy (non-hydrogen) atoms. The molecular weight excluding hydrogens is 350 g/mol. The first-order valence-corrected chi connectivity index (χ1v) is 9.62. The number of likely N-dealkylation sites (tertiary alicyclic amines) is 1. The van der Waals surface area contributed by atoms with Gasteiger partial charge in [-0.1, -0.05) is 0 Å². The van der Waals surface area contributed by atoms with Crippen molar-refractivity contribution >= 4 is 11.3 Å². The maximum atomic E-state index is 12.2. The monoisotopic (exact) mass is 371 g/mol. The summed E-state index contributed by atoms with van der Waals surface area (Å²) in [7, 11) is 0. The second kappa shape index (κ2) is 7.46. The maximum absolute atomic E-state index is 12.2. The standard InChI is InChI=1S/C17H21N7OS/c1-13-20-15(10-26-13)9-22-6-4-14(5-7-22)8-23-17(25)3-2-16(21-23)24-12-18-11-19-24/h2-3,10-12,14H,4-9H2,1H3. The molecule has 0 atom stereocenters. The fourth-order valence-corrected chi connectivity index (χ4v) is 3.90. The minimum Gasteiger partial charge on any atom is -0.297 e. The highest BCUT2D eigenvalue weighted by molar-refractivity contribution is 7.09. The molecule has 0 N–H and O–H groups in total. The molecule has 1 fully saturated rings. The van der Waals surface area contributed by atoms with Gasteiger partial charge in [-0.2, -0.15) is 5.10 Å². The van der Waals surface area contributed by atoms with Crippen molar-refractivity contribution in [3.8, 4) is 5.82 Å². The molecule has 9 heteroatoms. The van der Waals surface area contributed by atoms with Gasteiger partial charge >= 0.3 is 0 Å². The van der Waals surface area contributed by atoms with Gasteiger partial charge in [-0.15, -0.1) is 16.4 Å². The van der Waals surface area contributed by atoms with Crippen LogP contribution >= 0.6 is 11.3 Å². The minimum atomic E-state index is -0.0748. The third-order valence-corrected chi connectivity index (χ3v) is 5.52. The van der Waals surface area contributed by atoms with Gasteiger partial charge in [0.25, 0.3) is 5.56 Å². The Kier molecular flexibility index (Phi) is 4.89. The predicted octanol–water partition coefficient (Wildman–Crippen LogP) is 1.50. The number of thiazole rings is 1. The highest BCUT2D eigenvalue weighted by Gasteiger charge is 2.21. The lowest BCUT2D eigenvalue weighted by molar-refractivity contribution is 0.162. The van der Waals surface area contributed by atoms with E-state index in [9.17, 15) is 4.79 Å². The van der Waals surface area contributed by atoms with Crippen molar-refractivity contribution in [2.75, 3.05) is 13.1 Å². The van der Waals surface area contributed by atoms with E-state index in [2.05, 4.69) is 30.4 Å². The van der Waals surface area contributed by atoms with E-state index in [1.165, 1.54) is 6.33 Å². The molecule has 0 unspecified atom stereocenters. The van der Waals surface area contributed by atoms with Crippen LogP contribution in [0.3, 0.4) is 0 Å². The normalized spacial score (nSPS) is 16.2. The summed E-state index contributed by atoms with van der Waals surface area (Å²) in [5.41, 5.74) is 1.08. The predicted molar refractivity (Wildman–Crippen MR) is 98.3 cm³/mol. The van der Waals surface area contributed by atoms with Crippen LogP contribution in [0.1, 0.15) is 23.5 Å². The quantitative estimate of drug-likeness (QED) is 0.676. The molecule has 1 aliphatic heterocycles. The lowest BCUT2D eigenvalue weighted by Crippen LogP contribution is -2.36. The van der Waals surface area contributed by atoms with Gasteiger partial charge in [0.1, 0.15) is 12.7 Å². The lowest BCUT2D eigenvalue weighted by atomic mass is 9.97. The molecular formula is C17H21N7OS. The second-order valence-corrected chi connectivity index (χ2v) is 7.69. The van der Waals surface area contributed by atoms with E-state index in [0.717, 1.165) is 43.2 Å². The molecule has 1 saturated heterocycles. The molecule has 1 aliphatic rings. The Balaban J connectivity index is 1.37. The summed E-state index contributed by atoms with van der Waals surface area (Å²) in [5.74, 6) is 1.07.